The molecule has 10 heavy (non-hydrogen) atoms. The van der Waals surface area contributed by atoms with Crippen LogP contribution in [0, 0.1) is 0 Å². The van der Waals surface area contributed by atoms with E-state index in [9.17, 15) is 4.79 Å². The Morgan fingerprint density at radius 1 is 1.80 bits per heavy atom. The molecule has 5 nitrogen and oxygen atoms in total. The van der Waals surface area contributed by atoms with Crippen LogP contribution in [0.25, 0.3) is 0 Å². The van der Waals surface area contributed by atoms with Gasteiger partial charge in [-0.2, -0.15) is 4.98 Å². The van der Waals surface area contributed by atoms with Crippen LogP contribution in [0.3, 0.4) is 0 Å². The number of carbonyl (C=O) groups excluding carboxylic acids is 1. The van der Waals surface area contributed by atoms with Crippen molar-refractivity contribution in [1.82, 2.24) is 15.5 Å². The summed E-state index contributed by atoms with van der Waals surface area (Å²) in [6, 6.07) is 0. The summed E-state index contributed by atoms with van der Waals surface area (Å²) in [6.07, 6.45) is 0.520. The molecule has 0 radical (unpaired) electrons. The predicted octanol–water partition coefficient (Wildman–Crippen LogP) is -0.399. The lowest BCUT2D eigenvalue weighted by molar-refractivity contribution is 0.108. The van der Waals surface area contributed by atoms with Gasteiger partial charge in [0.2, 0.25) is 6.29 Å². The molecule has 0 unspecified atom stereocenters. The normalized spacial score (nSPS) is 9.70. The molecule has 0 aliphatic heterocycles. The van der Waals surface area contributed by atoms with Crippen molar-refractivity contribution >= 4 is 6.29 Å². The summed E-state index contributed by atoms with van der Waals surface area (Å²) in [5.41, 5.74) is 0. The van der Waals surface area contributed by atoms with E-state index in [0.717, 1.165) is 0 Å². The fourth-order valence-corrected chi connectivity index (χ4v) is 0.545. The van der Waals surface area contributed by atoms with Crippen LogP contribution in [-0.4, -0.2) is 23.5 Å². The molecule has 0 aromatic carbocycles. The van der Waals surface area contributed by atoms with Crippen molar-refractivity contribution in [3.8, 4) is 0 Å². The number of hydrogen-bond acceptors (Lipinski definition) is 5. The molecular formula is C5H7N3O2. The minimum absolute atomic E-state index is 0.0188. The molecule has 0 spiro atoms. The molecule has 0 saturated heterocycles. The van der Waals surface area contributed by atoms with Crippen LogP contribution in [0.5, 0.6) is 0 Å². The lowest BCUT2D eigenvalue weighted by atomic mass is 10.6. The molecule has 0 aliphatic carbocycles. The summed E-state index contributed by atoms with van der Waals surface area (Å²) >= 11 is 0. The van der Waals surface area contributed by atoms with E-state index in [0.29, 0.717) is 18.7 Å². The number of rotatable bonds is 3. The molecule has 1 rings (SSSR count). The number of aldehydes is 1. The SMILES string of the molecule is CNCc1noc(C=O)n1. The predicted molar refractivity (Wildman–Crippen MR) is 32.4 cm³/mol. The van der Waals surface area contributed by atoms with Crippen LogP contribution in [0.2, 0.25) is 0 Å². The van der Waals surface area contributed by atoms with E-state index in [4.69, 9.17) is 0 Å². The van der Waals surface area contributed by atoms with Gasteiger partial charge in [0, 0.05) is 0 Å². The zero-order chi connectivity index (χ0) is 7.40. The first-order chi connectivity index (χ1) is 4.86. The highest BCUT2D eigenvalue weighted by atomic mass is 16.5. The lowest BCUT2D eigenvalue weighted by Crippen LogP contribution is -2.06. The standard InChI is InChI=1S/C5H7N3O2/c1-6-2-4-7-5(3-9)10-8-4/h3,6H,2H2,1H3. The molecule has 0 aliphatic rings. The smallest absolute Gasteiger partial charge is 0.290 e. The first kappa shape index (κ1) is 6.88. The molecule has 54 valence electrons. The van der Waals surface area contributed by atoms with E-state index in [-0.39, 0.29) is 5.89 Å². The summed E-state index contributed by atoms with van der Waals surface area (Å²) in [5.74, 6) is 0.509. The van der Waals surface area contributed by atoms with Crippen molar-refractivity contribution in [2.45, 2.75) is 6.54 Å². The fraction of sp³-hybridized carbons (Fsp3) is 0.400. The summed E-state index contributed by atoms with van der Waals surface area (Å²) in [5, 5.41) is 6.32. The number of hydrogen-bond donors (Lipinski definition) is 1. The monoisotopic (exact) mass is 141 g/mol. The third-order valence-corrected chi connectivity index (χ3v) is 0.920. The van der Waals surface area contributed by atoms with Gasteiger partial charge in [-0.1, -0.05) is 5.16 Å². The highest BCUT2D eigenvalue weighted by molar-refractivity contribution is 5.66. The number of nitrogens with one attached hydrogen (secondary N) is 1. The molecule has 5 heteroatoms. The Morgan fingerprint density at radius 2 is 2.60 bits per heavy atom. The second-order valence-electron chi connectivity index (χ2n) is 1.70. The second kappa shape index (κ2) is 3.07. The Hall–Kier alpha value is -1.23. The van der Waals surface area contributed by atoms with E-state index in [1.165, 1.54) is 0 Å². The van der Waals surface area contributed by atoms with Crippen LogP contribution in [-0.2, 0) is 6.54 Å². The van der Waals surface area contributed by atoms with E-state index in [1.807, 2.05) is 0 Å². The molecular weight excluding hydrogens is 134 g/mol. The molecule has 0 saturated carbocycles. The Kier molecular flexibility index (Phi) is 2.11. The van der Waals surface area contributed by atoms with Crippen LogP contribution < -0.4 is 5.32 Å². The zero-order valence-corrected chi connectivity index (χ0v) is 5.50. The van der Waals surface area contributed by atoms with Crippen molar-refractivity contribution < 1.29 is 9.32 Å². The third kappa shape index (κ3) is 1.38. The summed E-state index contributed by atoms with van der Waals surface area (Å²) in [6.45, 7) is 0.511. The molecule has 0 atom stereocenters. The first-order valence-corrected chi connectivity index (χ1v) is 2.79. The average molecular weight is 141 g/mol. The Labute approximate surface area is 57.4 Å². The van der Waals surface area contributed by atoms with Crippen molar-refractivity contribution in [2.24, 2.45) is 0 Å². The number of nitrogens with zero attached hydrogens (tertiary/aromatic N) is 2. The third-order valence-electron chi connectivity index (χ3n) is 0.920. The molecule has 0 amide bonds. The maximum Gasteiger partial charge on any atom is 0.290 e. The maximum absolute atomic E-state index is 10.0. The van der Waals surface area contributed by atoms with E-state index in [1.54, 1.807) is 7.05 Å². The van der Waals surface area contributed by atoms with E-state index in [2.05, 4.69) is 20.0 Å². The van der Waals surface area contributed by atoms with Crippen LogP contribution >= 0.6 is 0 Å². The Morgan fingerprint density at radius 3 is 3.10 bits per heavy atom. The van der Waals surface area contributed by atoms with Crippen LogP contribution in [0.4, 0.5) is 0 Å². The molecule has 1 heterocycles. The van der Waals surface area contributed by atoms with Gasteiger partial charge in [-0.25, -0.2) is 0 Å². The Bertz CT molecular complexity index is 220. The Balaban J connectivity index is 2.68. The molecule has 1 aromatic rings. The minimum Gasteiger partial charge on any atom is -0.331 e. The number of aromatic nitrogens is 2. The van der Waals surface area contributed by atoms with Gasteiger partial charge >= 0.3 is 0 Å². The van der Waals surface area contributed by atoms with Gasteiger partial charge in [0.1, 0.15) is 0 Å². The van der Waals surface area contributed by atoms with Crippen molar-refractivity contribution in [3.05, 3.63) is 11.7 Å². The van der Waals surface area contributed by atoms with Gasteiger partial charge in [0.05, 0.1) is 6.54 Å². The lowest BCUT2D eigenvalue weighted by Gasteiger charge is -1.85. The van der Waals surface area contributed by atoms with Gasteiger partial charge in [0.15, 0.2) is 5.82 Å². The topological polar surface area (TPSA) is 68.0 Å². The fourth-order valence-electron chi connectivity index (χ4n) is 0.545. The van der Waals surface area contributed by atoms with Crippen molar-refractivity contribution in [3.63, 3.8) is 0 Å². The summed E-state index contributed by atoms with van der Waals surface area (Å²) < 4.78 is 4.50. The van der Waals surface area contributed by atoms with Gasteiger partial charge in [0.25, 0.3) is 5.89 Å². The van der Waals surface area contributed by atoms with E-state index >= 15 is 0 Å². The van der Waals surface area contributed by atoms with Gasteiger partial charge in [-0.3, -0.25) is 4.79 Å². The van der Waals surface area contributed by atoms with Crippen molar-refractivity contribution in [2.75, 3.05) is 7.05 Å². The molecule has 0 fully saturated rings. The molecule has 0 bridgehead atoms. The maximum atomic E-state index is 10.0. The molecule has 1 N–H and O–H groups in total. The minimum atomic E-state index is 0.0188. The number of carbonyl (C=O) groups is 1. The van der Waals surface area contributed by atoms with Crippen LogP contribution in [0.1, 0.15) is 16.5 Å². The summed E-state index contributed by atoms with van der Waals surface area (Å²) in [4.78, 5) is 13.7. The van der Waals surface area contributed by atoms with E-state index < -0.39 is 0 Å². The van der Waals surface area contributed by atoms with Gasteiger partial charge in [-0.15, -0.1) is 0 Å². The van der Waals surface area contributed by atoms with Crippen molar-refractivity contribution in [1.29, 1.82) is 0 Å². The van der Waals surface area contributed by atoms with Crippen LogP contribution in [0.15, 0.2) is 4.52 Å². The highest BCUT2D eigenvalue weighted by Gasteiger charge is 2.01. The molecule has 1 aromatic heterocycles. The highest BCUT2D eigenvalue weighted by Crippen LogP contribution is 1.91. The largest absolute Gasteiger partial charge is 0.331 e. The zero-order valence-electron chi connectivity index (χ0n) is 5.50. The average Bonchev–Trinajstić information content (AvgIpc) is 2.37. The summed E-state index contributed by atoms with van der Waals surface area (Å²) in [7, 11) is 1.76. The first-order valence-electron chi connectivity index (χ1n) is 2.79. The van der Waals surface area contributed by atoms with Gasteiger partial charge < -0.3 is 9.84 Å². The van der Waals surface area contributed by atoms with Gasteiger partial charge in [-0.05, 0) is 7.05 Å². The quantitative estimate of drug-likeness (QED) is 0.580. The second-order valence-corrected chi connectivity index (χ2v) is 1.70.